The second-order valence-corrected chi connectivity index (χ2v) is 4.86. The molecule has 0 bridgehead atoms. The standard InChI is InChI=1S/C13H24N4/c1-2-9-17-10-4-12(5-11-17)14-6-3-13-15-7-8-16-13/h7-8,12,14H,2-6,9-11H2,1H3,(H,15,16). The van der Waals surface area contributed by atoms with Crippen molar-refractivity contribution in [2.45, 2.75) is 38.6 Å². The molecular weight excluding hydrogens is 212 g/mol. The lowest BCUT2D eigenvalue weighted by Crippen LogP contribution is -2.43. The molecule has 1 aromatic heterocycles. The van der Waals surface area contributed by atoms with Crippen LogP contribution in [-0.4, -0.2) is 47.1 Å². The van der Waals surface area contributed by atoms with Gasteiger partial charge in [-0.15, -0.1) is 0 Å². The van der Waals surface area contributed by atoms with Crippen molar-refractivity contribution >= 4 is 0 Å². The molecule has 0 aromatic carbocycles. The molecule has 96 valence electrons. The topological polar surface area (TPSA) is 44.0 Å². The fourth-order valence-corrected chi connectivity index (χ4v) is 2.51. The van der Waals surface area contributed by atoms with Crippen molar-refractivity contribution in [3.05, 3.63) is 18.2 Å². The van der Waals surface area contributed by atoms with Crippen molar-refractivity contribution in [3.8, 4) is 0 Å². The van der Waals surface area contributed by atoms with Gasteiger partial charge in [0.2, 0.25) is 0 Å². The maximum Gasteiger partial charge on any atom is 0.107 e. The largest absolute Gasteiger partial charge is 0.349 e. The van der Waals surface area contributed by atoms with Crippen LogP contribution in [0.3, 0.4) is 0 Å². The van der Waals surface area contributed by atoms with Crippen LogP contribution in [0.15, 0.2) is 12.4 Å². The fourth-order valence-electron chi connectivity index (χ4n) is 2.51. The first-order valence-corrected chi connectivity index (χ1v) is 6.82. The molecule has 1 aliphatic heterocycles. The van der Waals surface area contributed by atoms with E-state index >= 15 is 0 Å². The molecule has 0 spiro atoms. The number of aromatic amines is 1. The number of likely N-dealkylation sites (tertiary alicyclic amines) is 1. The van der Waals surface area contributed by atoms with E-state index in [1.54, 1.807) is 0 Å². The minimum absolute atomic E-state index is 0.707. The average molecular weight is 236 g/mol. The highest BCUT2D eigenvalue weighted by atomic mass is 15.1. The van der Waals surface area contributed by atoms with E-state index in [0.29, 0.717) is 6.04 Å². The molecule has 1 aromatic rings. The van der Waals surface area contributed by atoms with Gasteiger partial charge in [0, 0.05) is 31.4 Å². The number of rotatable bonds is 6. The highest BCUT2D eigenvalue weighted by Gasteiger charge is 2.17. The van der Waals surface area contributed by atoms with Crippen molar-refractivity contribution in [3.63, 3.8) is 0 Å². The quantitative estimate of drug-likeness (QED) is 0.785. The maximum absolute atomic E-state index is 4.23. The first-order valence-electron chi connectivity index (χ1n) is 6.82. The van der Waals surface area contributed by atoms with Gasteiger partial charge in [-0.1, -0.05) is 6.92 Å². The minimum Gasteiger partial charge on any atom is -0.349 e. The summed E-state index contributed by atoms with van der Waals surface area (Å²) in [4.78, 5) is 9.94. The van der Waals surface area contributed by atoms with Crippen molar-refractivity contribution < 1.29 is 0 Å². The predicted octanol–water partition coefficient (Wildman–Crippen LogP) is 1.42. The molecule has 1 aliphatic rings. The van der Waals surface area contributed by atoms with Gasteiger partial charge in [0.05, 0.1) is 0 Å². The van der Waals surface area contributed by atoms with Crippen LogP contribution in [0.1, 0.15) is 32.0 Å². The van der Waals surface area contributed by atoms with E-state index in [0.717, 1.165) is 18.8 Å². The minimum atomic E-state index is 0.707. The van der Waals surface area contributed by atoms with E-state index in [2.05, 4.69) is 27.1 Å². The number of nitrogens with zero attached hydrogens (tertiary/aromatic N) is 2. The zero-order valence-corrected chi connectivity index (χ0v) is 10.8. The van der Waals surface area contributed by atoms with E-state index in [4.69, 9.17) is 0 Å². The molecule has 4 heteroatoms. The van der Waals surface area contributed by atoms with Gasteiger partial charge in [0.1, 0.15) is 5.82 Å². The van der Waals surface area contributed by atoms with Crippen LogP contribution in [0.5, 0.6) is 0 Å². The Morgan fingerprint density at radius 3 is 2.94 bits per heavy atom. The SMILES string of the molecule is CCCN1CCC(NCCc2ncc[nH]2)CC1. The average Bonchev–Trinajstić information content (AvgIpc) is 2.85. The normalized spacial score (nSPS) is 18.6. The summed E-state index contributed by atoms with van der Waals surface area (Å²) in [6, 6.07) is 0.707. The van der Waals surface area contributed by atoms with Gasteiger partial charge in [0.25, 0.3) is 0 Å². The van der Waals surface area contributed by atoms with Crippen LogP contribution in [0.2, 0.25) is 0 Å². The number of piperidine rings is 1. The molecular formula is C13H24N4. The number of H-pyrrole nitrogens is 1. The summed E-state index contributed by atoms with van der Waals surface area (Å²) in [6.45, 7) is 7.07. The van der Waals surface area contributed by atoms with E-state index in [-0.39, 0.29) is 0 Å². The Balaban J connectivity index is 1.58. The third-order valence-corrected chi connectivity index (χ3v) is 3.48. The van der Waals surface area contributed by atoms with Gasteiger partial charge in [-0.2, -0.15) is 0 Å². The van der Waals surface area contributed by atoms with Crippen LogP contribution in [0.4, 0.5) is 0 Å². The summed E-state index contributed by atoms with van der Waals surface area (Å²) in [5.74, 6) is 1.08. The van der Waals surface area contributed by atoms with E-state index in [1.165, 1.54) is 38.9 Å². The van der Waals surface area contributed by atoms with E-state index in [1.807, 2.05) is 12.4 Å². The Kier molecular flexibility index (Phi) is 5.01. The van der Waals surface area contributed by atoms with Crippen molar-refractivity contribution in [1.29, 1.82) is 0 Å². The number of hydrogen-bond donors (Lipinski definition) is 2. The summed E-state index contributed by atoms with van der Waals surface area (Å²) >= 11 is 0. The molecule has 2 heterocycles. The van der Waals surface area contributed by atoms with E-state index < -0.39 is 0 Å². The molecule has 1 fully saturated rings. The summed E-state index contributed by atoms with van der Waals surface area (Å²) in [7, 11) is 0. The van der Waals surface area contributed by atoms with Crippen LogP contribution in [0, 0.1) is 0 Å². The summed E-state index contributed by atoms with van der Waals surface area (Å²) in [6.07, 6.45) is 8.56. The molecule has 0 atom stereocenters. The Hall–Kier alpha value is -0.870. The second-order valence-electron chi connectivity index (χ2n) is 4.86. The van der Waals surface area contributed by atoms with Gasteiger partial charge >= 0.3 is 0 Å². The van der Waals surface area contributed by atoms with Gasteiger partial charge in [0.15, 0.2) is 0 Å². The van der Waals surface area contributed by atoms with Gasteiger partial charge < -0.3 is 15.2 Å². The van der Waals surface area contributed by atoms with E-state index in [9.17, 15) is 0 Å². The van der Waals surface area contributed by atoms with Crippen molar-refractivity contribution in [2.24, 2.45) is 0 Å². The molecule has 0 amide bonds. The van der Waals surface area contributed by atoms with Crippen LogP contribution in [-0.2, 0) is 6.42 Å². The molecule has 1 saturated heterocycles. The van der Waals surface area contributed by atoms with Gasteiger partial charge in [-0.25, -0.2) is 4.98 Å². The Labute approximate surface area is 104 Å². The van der Waals surface area contributed by atoms with Crippen LogP contribution in [0.25, 0.3) is 0 Å². The zero-order chi connectivity index (χ0) is 11.9. The maximum atomic E-state index is 4.23. The molecule has 2 N–H and O–H groups in total. The molecule has 0 unspecified atom stereocenters. The molecule has 2 rings (SSSR count). The van der Waals surface area contributed by atoms with Crippen LogP contribution >= 0.6 is 0 Å². The Morgan fingerprint density at radius 1 is 1.47 bits per heavy atom. The second kappa shape index (κ2) is 6.77. The fraction of sp³-hybridized carbons (Fsp3) is 0.769. The first kappa shape index (κ1) is 12.6. The summed E-state index contributed by atoms with van der Waals surface area (Å²) < 4.78 is 0. The lowest BCUT2D eigenvalue weighted by atomic mass is 10.0. The lowest BCUT2D eigenvalue weighted by Gasteiger charge is -2.32. The molecule has 0 saturated carbocycles. The highest BCUT2D eigenvalue weighted by Crippen LogP contribution is 2.10. The highest BCUT2D eigenvalue weighted by molar-refractivity contribution is 4.88. The van der Waals surface area contributed by atoms with Crippen molar-refractivity contribution in [1.82, 2.24) is 20.2 Å². The smallest absolute Gasteiger partial charge is 0.107 e. The van der Waals surface area contributed by atoms with Gasteiger partial charge in [-0.3, -0.25) is 0 Å². The zero-order valence-electron chi connectivity index (χ0n) is 10.8. The van der Waals surface area contributed by atoms with Crippen molar-refractivity contribution in [2.75, 3.05) is 26.2 Å². The first-order chi connectivity index (χ1) is 8.38. The molecule has 4 nitrogen and oxygen atoms in total. The molecule has 0 radical (unpaired) electrons. The summed E-state index contributed by atoms with van der Waals surface area (Å²) in [5, 5.41) is 3.64. The lowest BCUT2D eigenvalue weighted by molar-refractivity contribution is 0.198. The Morgan fingerprint density at radius 2 is 2.29 bits per heavy atom. The number of aromatic nitrogens is 2. The number of imidazole rings is 1. The number of nitrogens with one attached hydrogen (secondary N) is 2. The summed E-state index contributed by atoms with van der Waals surface area (Å²) in [5.41, 5.74) is 0. The number of hydrogen-bond acceptors (Lipinski definition) is 3. The Bertz CT molecular complexity index is 288. The molecule has 0 aliphatic carbocycles. The third-order valence-electron chi connectivity index (χ3n) is 3.48. The third kappa shape index (κ3) is 4.13. The van der Waals surface area contributed by atoms with Gasteiger partial charge in [-0.05, 0) is 38.9 Å². The molecule has 17 heavy (non-hydrogen) atoms. The monoisotopic (exact) mass is 236 g/mol. The van der Waals surface area contributed by atoms with Crippen LogP contribution < -0.4 is 5.32 Å². The predicted molar refractivity (Wildman–Crippen MR) is 70.0 cm³/mol.